The number of benzene rings is 3. The maximum atomic E-state index is 13.0. The average Bonchev–Trinajstić information content (AvgIpc) is 2.99. The van der Waals surface area contributed by atoms with Crippen LogP contribution in [0.3, 0.4) is 0 Å². The highest BCUT2D eigenvalue weighted by Gasteiger charge is 2.54. The van der Waals surface area contributed by atoms with E-state index in [4.69, 9.17) is 23.2 Å². The third kappa shape index (κ3) is 2.64. The number of hydrogen-bond acceptors (Lipinski definition) is 3. The van der Waals surface area contributed by atoms with E-state index >= 15 is 0 Å². The summed E-state index contributed by atoms with van der Waals surface area (Å²) in [7, 11) is 0. The Labute approximate surface area is 177 Å². The zero-order chi connectivity index (χ0) is 20.3. The van der Waals surface area contributed by atoms with E-state index < -0.39 is 29.8 Å². The van der Waals surface area contributed by atoms with Crippen LogP contribution in [-0.4, -0.2) is 16.8 Å². The second-order valence-electron chi connectivity index (χ2n) is 7.23. The molecule has 3 unspecified atom stereocenters. The average molecular weight is 424 g/mol. The number of aliphatic hydroxyl groups excluding tert-OH is 1. The Morgan fingerprint density at radius 1 is 0.931 bits per heavy atom. The lowest BCUT2D eigenvalue weighted by Gasteiger charge is -2.37. The lowest BCUT2D eigenvalue weighted by molar-refractivity contribution is -0.137. The molecule has 29 heavy (non-hydrogen) atoms. The number of aliphatic hydroxyl groups is 1. The van der Waals surface area contributed by atoms with E-state index in [-0.39, 0.29) is 0 Å². The lowest BCUT2D eigenvalue weighted by Crippen LogP contribution is -2.33. The lowest BCUT2D eigenvalue weighted by atomic mass is 9.80. The molecular formula is C23H15Cl2NO3. The van der Waals surface area contributed by atoms with Crippen molar-refractivity contribution in [2.45, 2.75) is 12.1 Å². The van der Waals surface area contributed by atoms with Crippen LogP contribution in [0.1, 0.15) is 23.3 Å². The predicted octanol–water partition coefficient (Wildman–Crippen LogP) is 4.98. The van der Waals surface area contributed by atoms with Crippen molar-refractivity contribution in [1.82, 2.24) is 0 Å². The van der Waals surface area contributed by atoms with Gasteiger partial charge in [0.25, 0.3) is 5.91 Å². The molecule has 1 fully saturated rings. The van der Waals surface area contributed by atoms with Gasteiger partial charge in [0, 0.05) is 10.6 Å². The van der Waals surface area contributed by atoms with Crippen molar-refractivity contribution >= 4 is 40.6 Å². The topological polar surface area (TPSA) is 57.6 Å². The number of Topliss-reactive ketones (excluding diaryl/α,β-unsaturated/α-hetero) is 1. The fourth-order valence-electron chi connectivity index (χ4n) is 4.44. The summed E-state index contributed by atoms with van der Waals surface area (Å²) in [6.45, 7) is 0. The van der Waals surface area contributed by atoms with E-state index in [0.29, 0.717) is 26.9 Å². The number of rotatable bonds is 2. The normalized spacial score (nSPS) is 20.9. The molecule has 1 saturated heterocycles. The van der Waals surface area contributed by atoms with Gasteiger partial charge in [-0.05, 0) is 41.0 Å². The molecule has 2 aliphatic rings. The largest absolute Gasteiger partial charge is 0.388 e. The van der Waals surface area contributed by atoms with Crippen molar-refractivity contribution < 1.29 is 14.7 Å². The fourth-order valence-corrected chi connectivity index (χ4v) is 4.88. The number of amides is 1. The van der Waals surface area contributed by atoms with E-state index in [9.17, 15) is 14.7 Å². The zero-order valence-electron chi connectivity index (χ0n) is 15.0. The molecule has 0 saturated carbocycles. The molecule has 6 heteroatoms. The minimum atomic E-state index is -1.12. The molecule has 0 bridgehead atoms. The molecule has 1 amide bonds. The van der Waals surface area contributed by atoms with Gasteiger partial charge in [0.1, 0.15) is 0 Å². The molecule has 0 aliphatic carbocycles. The zero-order valence-corrected chi connectivity index (χ0v) is 16.6. The van der Waals surface area contributed by atoms with Gasteiger partial charge in [-0.2, -0.15) is 0 Å². The molecule has 0 radical (unpaired) electrons. The van der Waals surface area contributed by atoms with Gasteiger partial charge in [-0.1, -0.05) is 65.7 Å². The quantitative estimate of drug-likeness (QED) is 0.591. The number of carbonyl (C=O) groups excluding carboxylic acids is 2. The minimum absolute atomic E-state index is 0.469. The SMILES string of the molecule is O=C1C(=O)N2c3cccc(Cl)c3-c3cc(Cl)ccc3C2C1C(O)c1ccccc1. The van der Waals surface area contributed by atoms with Crippen molar-refractivity contribution in [3.63, 3.8) is 0 Å². The summed E-state index contributed by atoms with van der Waals surface area (Å²) < 4.78 is 0. The molecule has 4 nitrogen and oxygen atoms in total. The molecule has 144 valence electrons. The summed E-state index contributed by atoms with van der Waals surface area (Å²) in [4.78, 5) is 27.5. The molecule has 2 aliphatic heterocycles. The maximum absolute atomic E-state index is 13.0. The molecule has 2 heterocycles. The molecule has 5 rings (SSSR count). The third-order valence-corrected chi connectivity index (χ3v) is 6.24. The second kappa shape index (κ2) is 6.70. The summed E-state index contributed by atoms with van der Waals surface area (Å²) in [5.74, 6) is -2.18. The molecule has 0 aromatic heterocycles. The number of fused-ring (bicyclic) bond motifs is 6. The first-order valence-electron chi connectivity index (χ1n) is 9.18. The highest BCUT2D eigenvalue weighted by Crippen LogP contribution is 2.55. The number of ketones is 1. The Balaban J connectivity index is 1.75. The van der Waals surface area contributed by atoms with Gasteiger partial charge in [-0.15, -0.1) is 0 Å². The van der Waals surface area contributed by atoms with Crippen LogP contribution in [0.4, 0.5) is 5.69 Å². The monoisotopic (exact) mass is 423 g/mol. The van der Waals surface area contributed by atoms with Gasteiger partial charge in [-0.25, -0.2) is 0 Å². The Kier molecular flexibility index (Phi) is 4.24. The van der Waals surface area contributed by atoms with Gasteiger partial charge in [0.15, 0.2) is 0 Å². The number of halogens is 2. The molecule has 0 spiro atoms. The Morgan fingerprint density at radius 2 is 1.69 bits per heavy atom. The van der Waals surface area contributed by atoms with Crippen LogP contribution in [-0.2, 0) is 9.59 Å². The van der Waals surface area contributed by atoms with E-state index in [0.717, 1.165) is 11.1 Å². The van der Waals surface area contributed by atoms with Gasteiger partial charge >= 0.3 is 0 Å². The van der Waals surface area contributed by atoms with Crippen molar-refractivity contribution in [3.05, 3.63) is 87.9 Å². The Hall–Kier alpha value is -2.66. The van der Waals surface area contributed by atoms with Gasteiger partial charge in [-0.3, -0.25) is 14.5 Å². The van der Waals surface area contributed by atoms with Gasteiger partial charge in [0.2, 0.25) is 5.78 Å². The number of nitrogens with zero attached hydrogens (tertiary/aromatic N) is 1. The van der Waals surface area contributed by atoms with Crippen LogP contribution in [0.5, 0.6) is 0 Å². The first-order valence-corrected chi connectivity index (χ1v) is 9.93. The van der Waals surface area contributed by atoms with Crippen molar-refractivity contribution in [2.24, 2.45) is 5.92 Å². The Morgan fingerprint density at radius 3 is 2.45 bits per heavy atom. The van der Waals surface area contributed by atoms with Crippen LogP contribution < -0.4 is 4.90 Å². The fraction of sp³-hybridized carbons (Fsp3) is 0.130. The molecule has 3 aromatic rings. The first kappa shape index (κ1) is 18.4. The number of carbonyl (C=O) groups is 2. The summed E-state index contributed by atoms with van der Waals surface area (Å²) in [6.07, 6.45) is -1.12. The molecule has 1 N–H and O–H groups in total. The van der Waals surface area contributed by atoms with Crippen LogP contribution in [0.25, 0.3) is 11.1 Å². The highest BCUT2D eigenvalue weighted by atomic mass is 35.5. The summed E-state index contributed by atoms with van der Waals surface area (Å²) in [5, 5.41) is 12.1. The smallest absolute Gasteiger partial charge is 0.295 e. The van der Waals surface area contributed by atoms with E-state index in [2.05, 4.69) is 0 Å². The van der Waals surface area contributed by atoms with Gasteiger partial charge < -0.3 is 5.11 Å². The van der Waals surface area contributed by atoms with Crippen LogP contribution in [0, 0.1) is 5.92 Å². The summed E-state index contributed by atoms with van der Waals surface area (Å²) in [6, 6.07) is 18.8. The standard InChI is InChI=1S/C23H15Cl2NO3/c24-13-9-10-14-15(11-13)18-16(25)7-4-8-17(18)26-20(14)19(22(28)23(26)29)21(27)12-5-2-1-3-6-12/h1-11,19-21,27H. The van der Waals surface area contributed by atoms with E-state index in [1.807, 2.05) is 6.07 Å². The van der Waals surface area contributed by atoms with Crippen LogP contribution in [0.2, 0.25) is 10.0 Å². The van der Waals surface area contributed by atoms with E-state index in [1.165, 1.54) is 4.90 Å². The van der Waals surface area contributed by atoms with E-state index in [1.54, 1.807) is 60.7 Å². The predicted molar refractivity (Wildman–Crippen MR) is 112 cm³/mol. The highest BCUT2D eigenvalue weighted by molar-refractivity contribution is 6.46. The number of hydrogen-bond donors (Lipinski definition) is 1. The van der Waals surface area contributed by atoms with Crippen molar-refractivity contribution in [3.8, 4) is 11.1 Å². The summed E-state index contributed by atoms with van der Waals surface area (Å²) >= 11 is 12.7. The van der Waals surface area contributed by atoms with Crippen LogP contribution in [0.15, 0.2) is 66.7 Å². The third-order valence-electron chi connectivity index (χ3n) is 5.69. The van der Waals surface area contributed by atoms with Crippen molar-refractivity contribution in [1.29, 1.82) is 0 Å². The Bertz CT molecular complexity index is 1160. The maximum Gasteiger partial charge on any atom is 0.295 e. The second-order valence-corrected chi connectivity index (χ2v) is 8.07. The first-order chi connectivity index (χ1) is 14.0. The molecular weight excluding hydrogens is 409 g/mol. The van der Waals surface area contributed by atoms with Crippen molar-refractivity contribution in [2.75, 3.05) is 4.90 Å². The van der Waals surface area contributed by atoms with Crippen LogP contribution >= 0.6 is 23.2 Å². The summed E-state index contributed by atoms with van der Waals surface area (Å²) in [5.41, 5.74) is 3.33. The minimum Gasteiger partial charge on any atom is -0.388 e. The molecule has 3 atom stereocenters. The van der Waals surface area contributed by atoms with Gasteiger partial charge in [0.05, 0.1) is 28.8 Å². The molecule has 3 aromatic carbocycles. The number of anilines is 1.